The molecule has 1 amide bonds. The van der Waals surface area contributed by atoms with Crippen LogP contribution in [0.15, 0.2) is 40.9 Å². The summed E-state index contributed by atoms with van der Waals surface area (Å²) in [5.74, 6) is -3.02. The van der Waals surface area contributed by atoms with Crippen LogP contribution in [0, 0.1) is 5.92 Å². The standard InChI is InChI=1S/C26H29N7O10S2/c1-26(2)16(23(35)33(26)43-45(38,39)40)8-19(34)22(18-12-44-25(28)30-18)31-42-20(24(36)37)11-41-15-4-5-17-13(7-15)3-6-21(29-17)32-9-14(27)10-32/h3-7,12,14,16,20H,8-11,27H2,1-2H3,(H2,28,30)(H,36,37)(H,38,39,40)/b31-22-/t16-,20+/m1/s1. The number of nitrogens with zero attached hydrogens (tertiary/aromatic N) is 5. The molecule has 0 bridgehead atoms. The molecular formula is C26H29N7O10S2. The molecule has 3 aromatic rings. The van der Waals surface area contributed by atoms with Crippen LogP contribution in [-0.4, -0.2) is 93.9 Å². The van der Waals surface area contributed by atoms with Gasteiger partial charge in [0.25, 0.3) is 12.0 Å². The van der Waals surface area contributed by atoms with Gasteiger partial charge >= 0.3 is 16.4 Å². The molecule has 0 radical (unpaired) electrons. The molecule has 2 atom stereocenters. The summed E-state index contributed by atoms with van der Waals surface area (Å²) in [6.07, 6.45) is -2.15. The zero-order chi connectivity index (χ0) is 32.7. The predicted molar refractivity (Wildman–Crippen MR) is 160 cm³/mol. The average Bonchev–Trinajstić information content (AvgIpc) is 3.39. The summed E-state index contributed by atoms with van der Waals surface area (Å²) in [5, 5.41) is 16.2. The van der Waals surface area contributed by atoms with Crippen molar-refractivity contribution in [3.8, 4) is 5.75 Å². The van der Waals surface area contributed by atoms with Gasteiger partial charge < -0.3 is 31.0 Å². The topological polar surface area (TPSA) is 250 Å². The fourth-order valence-corrected chi connectivity index (χ4v) is 5.78. The number of nitrogens with two attached hydrogens (primary N) is 2. The number of carbonyl (C=O) groups is 3. The number of carboxylic acid groups (broad SMARTS) is 1. The molecule has 5 rings (SSSR count). The number of ketones is 1. The summed E-state index contributed by atoms with van der Waals surface area (Å²) in [5.41, 5.74) is 10.5. The Hall–Kier alpha value is -4.43. The molecule has 2 fully saturated rings. The molecular weight excluding hydrogens is 634 g/mol. The number of Topliss-reactive ketones (excluding diaryl/α,β-unsaturated/α-hetero) is 1. The molecule has 240 valence electrons. The third-order valence-corrected chi connectivity index (χ3v) is 8.30. The number of carboxylic acids is 1. The van der Waals surface area contributed by atoms with Crippen molar-refractivity contribution >= 4 is 67.0 Å². The van der Waals surface area contributed by atoms with Gasteiger partial charge in [-0.3, -0.25) is 14.1 Å². The number of carbonyl (C=O) groups excluding carboxylic acids is 2. The Balaban J connectivity index is 1.28. The lowest BCUT2D eigenvalue weighted by Gasteiger charge is -2.50. The minimum Gasteiger partial charge on any atom is -0.489 e. The number of ether oxygens (including phenoxy) is 1. The predicted octanol–water partition coefficient (Wildman–Crippen LogP) is 0.604. The number of benzene rings is 1. The highest BCUT2D eigenvalue weighted by Crippen LogP contribution is 2.40. The molecule has 0 aliphatic carbocycles. The molecule has 0 unspecified atom stereocenters. The number of β-lactam (4-membered cyclic amide) rings is 1. The number of anilines is 2. The molecule has 2 aliphatic rings. The smallest absolute Gasteiger partial charge is 0.418 e. The quantitative estimate of drug-likeness (QED) is 0.0846. The zero-order valence-electron chi connectivity index (χ0n) is 23.9. The third-order valence-electron chi connectivity index (χ3n) is 7.29. The highest BCUT2D eigenvalue weighted by Gasteiger charge is 2.57. The summed E-state index contributed by atoms with van der Waals surface area (Å²) in [6.45, 7) is 3.81. The van der Waals surface area contributed by atoms with Crippen molar-refractivity contribution in [1.29, 1.82) is 0 Å². The van der Waals surface area contributed by atoms with Crippen LogP contribution in [0.5, 0.6) is 5.75 Å². The highest BCUT2D eigenvalue weighted by atomic mass is 32.3. The molecule has 17 nitrogen and oxygen atoms in total. The van der Waals surface area contributed by atoms with Gasteiger partial charge in [-0.2, -0.15) is 13.5 Å². The Morgan fingerprint density at radius 1 is 1.22 bits per heavy atom. The second-order valence-electron chi connectivity index (χ2n) is 10.9. The molecule has 6 N–H and O–H groups in total. The van der Waals surface area contributed by atoms with Gasteiger partial charge in [0.2, 0.25) is 0 Å². The first-order chi connectivity index (χ1) is 21.1. The fourth-order valence-electron chi connectivity index (χ4n) is 4.78. The summed E-state index contributed by atoms with van der Waals surface area (Å²) >= 11 is 0.986. The van der Waals surface area contributed by atoms with Gasteiger partial charge in [-0.1, -0.05) is 5.16 Å². The van der Waals surface area contributed by atoms with Crippen molar-refractivity contribution in [1.82, 2.24) is 15.0 Å². The molecule has 2 aromatic heterocycles. The Morgan fingerprint density at radius 2 is 1.96 bits per heavy atom. The number of rotatable bonds is 13. The number of hydroxylamine groups is 2. The first-order valence-corrected chi connectivity index (χ1v) is 15.6. The van der Waals surface area contributed by atoms with Crippen molar-refractivity contribution in [3.63, 3.8) is 0 Å². The number of aromatic nitrogens is 2. The lowest BCUT2D eigenvalue weighted by Crippen LogP contribution is -2.68. The Bertz CT molecular complexity index is 1790. The van der Waals surface area contributed by atoms with Crippen molar-refractivity contribution in [2.45, 2.75) is 38.0 Å². The molecule has 19 heteroatoms. The van der Waals surface area contributed by atoms with Gasteiger partial charge in [0, 0.05) is 36.3 Å². The van der Waals surface area contributed by atoms with Gasteiger partial charge in [0.05, 0.1) is 17.0 Å². The van der Waals surface area contributed by atoms with Crippen LogP contribution in [0.4, 0.5) is 10.9 Å². The van der Waals surface area contributed by atoms with Crippen molar-refractivity contribution in [3.05, 3.63) is 41.4 Å². The van der Waals surface area contributed by atoms with E-state index in [1.165, 1.54) is 19.2 Å². The number of thiazole rings is 1. The number of pyridine rings is 1. The van der Waals surface area contributed by atoms with Crippen LogP contribution in [-0.2, 0) is 33.9 Å². The molecule has 1 aromatic carbocycles. The van der Waals surface area contributed by atoms with Crippen LogP contribution in [0.1, 0.15) is 26.0 Å². The van der Waals surface area contributed by atoms with E-state index in [0.29, 0.717) is 16.3 Å². The second-order valence-corrected chi connectivity index (χ2v) is 12.8. The monoisotopic (exact) mass is 663 g/mol. The molecule has 2 saturated heterocycles. The molecule has 4 heterocycles. The van der Waals surface area contributed by atoms with Crippen LogP contribution in [0.3, 0.4) is 0 Å². The van der Waals surface area contributed by atoms with Crippen molar-refractivity contribution in [2.24, 2.45) is 16.8 Å². The average molecular weight is 664 g/mol. The molecule has 2 aliphatic heterocycles. The Labute approximate surface area is 260 Å². The van der Waals surface area contributed by atoms with E-state index in [4.69, 9.17) is 25.6 Å². The number of aliphatic carboxylic acids is 1. The van der Waals surface area contributed by atoms with E-state index in [1.54, 1.807) is 18.2 Å². The van der Waals surface area contributed by atoms with E-state index in [9.17, 15) is 27.9 Å². The lowest BCUT2D eigenvalue weighted by atomic mass is 9.74. The number of amides is 1. The van der Waals surface area contributed by atoms with Gasteiger partial charge in [-0.25, -0.2) is 14.8 Å². The molecule has 0 spiro atoms. The van der Waals surface area contributed by atoms with E-state index in [-0.39, 0.29) is 16.9 Å². The maximum absolute atomic E-state index is 13.3. The highest BCUT2D eigenvalue weighted by molar-refractivity contribution is 7.80. The first-order valence-electron chi connectivity index (χ1n) is 13.4. The Kier molecular flexibility index (Phi) is 8.64. The lowest BCUT2D eigenvalue weighted by molar-refractivity contribution is -0.228. The van der Waals surface area contributed by atoms with Gasteiger partial charge in [0.15, 0.2) is 16.6 Å². The fraction of sp³-hybridized carbons (Fsp3) is 0.385. The summed E-state index contributed by atoms with van der Waals surface area (Å²) in [4.78, 5) is 53.8. The van der Waals surface area contributed by atoms with E-state index < -0.39 is 64.4 Å². The van der Waals surface area contributed by atoms with Crippen LogP contribution < -0.4 is 21.1 Å². The van der Waals surface area contributed by atoms with Gasteiger partial charge in [-0.05, 0) is 44.2 Å². The van der Waals surface area contributed by atoms with E-state index >= 15 is 0 Å². The van der Waals surface area contributed by atoms with Crippen molar-refractivity contribution < 1.29 is 46.3 Å². The van der Waals surface area contributed by atoms with Crippen molar-refractivity contribution in [2.75, 3.05) is 30.3 Å². The van der Waals surface area contributed by atoms with E-state index in [2.05, 4.69) is 24.3 Å². The molecule has 45 heavy (non-hydrogen) atoms. The number of hydrogen-bond acceptors (Lipinski definition) is 15. The summed E-state index contributed by atoms with van der Waals surface area (Å²) < 4.78 is 41.1. The van der Waals surface area contributed by atoms with E-state index in [0.717, 1.165) is 35.6 Å². The molecule has 0 saturated carbocycles. The van der Waals surface area contributed by atoms with Crippen LogP contribution in [0.25, 0.3) is 10.9 Å². The summed E-state index contributed by atoms with van der Waals surface area (Å²) in [6, 6.07) is 8.90. The van der Waals surface area contributed by atoms with Crippen LogP contribution in [0.2, 0.25) is 0 Å². The zero-order valence-corrected chi connectivity index (χ0v) is 25.5. The number of hydrogen-bond donors (Lipinski definition) is 4. The largest absolute Gasteiger partial charge is 0.489 e. The third kappa shape index (κ3) is 6.96. The van der Waals surface area contributed by atoms with Gasteiger partial charge in [0.1, 0.15) is 23.9 Å². The SMILES string of the molecule is CC1(C)[C@H](CC(=O)/C(=N\O[C@@H](COc2ccc3nc(N4CC(N)C4)ccc3c2)C(=O)O)c2csc(N)n2)C(=O)N1OS(=O)(=O)O. The van der Waals surface area contributed by atoms with Gasteiger partial charge in [-0.15, -0.1) is 15.6 Å². The normalized spacial score (nSPS) is 19.2. The van der Waals surface area contributed by atoms with Crippen LogP contribution >= 0.6 is 11.3 Å². The minimum absolute atomic E-state index is 0.0233. The number of oxime groups is 1. The number of nitrogen functional groups attached to an aromatic ring is 1. The maximum Gasteiger partial charge on any atom is 0.418 e. The maximum atomic E-state index is 13.3. The first kappa shape index (κ1) is 32.0. The van der Waals surface area contributed by atoms with E-state index in [1.807, 2.05) is 12.1 Å². The second kappa shape index (κ2) is 12.2. The number of fused-ring (bicyclic) bond motifs is 1. The Morgan fingerprint density at radius 3 is 2.56 bits per heavy atom. The summed E-state index contributed by atoms with van der Waals surface area (Å²) in [7, 11) is -4.99. The minimum atomic E-state index is -4.99.